The van der Waals surface area contributed by atoms with Crippen molar-refractivity contribution in [2.45, 2.75) is 38.5 Å². The average molecular weight is 497 g/mol. The first-order valence-corrected chi connectivity index (χ1v) is 10.0. The molecule has 1 aliphatic carbocycles. The number of carbonyl (C=O) groups excluding carboxylic acids is 1. The van der Waals surface area contributed by atoms with E-state index in [1.54, 1.807) is 7.05 Å². The van der Waals surface area contributed by atoms with Gasteiger partial charge in [0.15, 0.2) is 5.96 Å². The fourth-order valence-electron chi connectivity index (χ4n) is 3.75. The molecule has 0 bridgehead atoms. The van der Waals surface area contributed by atoms with Crippen molar-refractivity contribution in [2.75, 3.05) is 26.7 Å². The van der Waals surface area contributed by atoms with Gasteiger partial charge in [0.05, 0.1) is 0 Å². The zero-order valence-electron chi connectivity index (χ0n) is 16.6. The fourth-order valence-corrected chi connectivity index (χ4v) is 3.75. The van der Waals surface area contributed by atoms with Gasteiger partial charge in [-0.3, -0.25) is 9.79 Å². The van der Waals surface area contributed by atoms with Gasteiger partial charge in [-0.15, -0.1) is 24.0 Å². The molecule has 1 fully saturated rings. The highest BCUT2D eigenvalue weighted by Crippen LogP contribution is 2.23. The van der Waals surface area contributed by atoms with Crippen molar-refractivity contribution < 1.29 is 4.79 Å². The second-order valence-electron chi connectivity index (χ2n) is 7.16. The van der Waals surface area contributed by atoms with Crippen LogP contribution >= 0.6 is 24.0 Å². The number of aromatic nitrogens is 1. The van der Waals surface area contributed by atoms with Crippen LogP contribution < -0.4 is 16.0 Å². The Kier molecular flexibility index (Phi) is 9.60. The molecule has 0 radical (unpaired) electrons. The van der Waals surface area contributed by atoms with Crippen molar-refractivity contribution in [3.8, 4) is 0 Å². The maximum absolute atomic E-state index is 12.1. The molecule has 0 spiro atoms. The highest BCUT2D eigenvalue weighted by Gasteiger charge is 2.20. The van der Waals surface area contributed by atoms with Gasteiger partial charge >= 0.3 is 0 Å². The summed E-state index contributed by atoms with van der Waals surface area (Å²) in [6, 6.07) is 8.34. The van der Waals surface area contributed by atoms with Crippen LogP contribution in [0.15, 0.2) is 35.5 Å². The molecule has 28 heavy (non-hydrogen) atoms. The largest absolute Gasteiger partial charge is 0.361 e. The van der Waals surface area contributed by atoms with E-state index in [-0.39, 0.29) is 35.8 Å². The van der Waals surface area contributed by atoms with Gasteiger partial charge in [0.2, 0.25) is 5.91 Å². The molecule has 1 aliphatic rings. The number of rotatable bonds is 7. The minimum atomic E-state index is 0. The number of guanidine groups is 1. The number of aromatic amines is 1. The molecule has 0 unspecified atom stereocenters. The van der Waals surface area contributed by atoms with Crippen LogP contribution in [-0.4, -0.2) is 43.5 Å². The molecule has 6 nitrogen and oxygen atoms in total. The number of benzene rings is 1. The number of nitrogens with zero attached hydrogens (tertiary/aromatic N) is 1. The number of nitrogens with one attached hydrogen (secondary N) is 4. The number of para-hydroxylation sites is 1. The van der Waals surface area contributed by atoms with Gasteiger partial charge in [-0.25, -0.2) is 0 Å². The molecule has 154 valence electrons. The molecule has 3 rings (SSSR count). The van der Waals surface area contributed by atoms with Crippen LogP contribution in [0, 0.1) is 5.92 Å². The predicted molar refractivity (Wildman–Crippen MR) is 126 cm³/mol. The minimum absolute atomic E-state index is 0. The average Bonchev–Trinajstić information content (AvgIpc) is 3.13. The topological polar surface area (TPSA) is 81.3 Å². The van der Waals surface area contributed by atoms with Crippen molar-refractivity contribution >= 4 is 46.7 Å². The number of carbonyl (C=O) groups is 1. The van der Waals surface area contributed by atoms with Crippen LogP contribution in [0.25, 0.3) is 10.9 Å². The summed E-state index contributed by atoms with van der Waals surface area (Å²) in [5.74, 6) is 1.19. The molecule has 0 aliphatic heterocycles. The second-order valence-corrected chi connectivity index (χ2v) is 7.16. The SMILES string of the molecule is CN=C(NCCNC(=O)C1CCCCC1)NCCc1c[nH]c2ccccc12.I. The molecule has 2 aromatic rings. The first-order valence-electron chi connectivity index (χ1n) is 10.0. The zero-order valence-corrected chi connectivity index (χ0v) is 18.9. The highest BCUT2D eigenvalue weighted by atomic mass is 127. The van der Waals surface area contributed by atoms with E-state index in [0.29, 0.717) is 13.1 Å². The normalized spacial score (nSPS) is 15.1. The van der Waals surface area contributed by atoms with Crippen LogP contribution in [0.2, 0.25) is 0 Å². The Labute approximate surface area is 184 Å². The molecule has 1 aromatic carbocycles. The number of amides is 1. The second kappa shape index (κ2) is 11.9. The van der Waals surface area contributed by atoms with Crippen molar-refractivity contribution in [3.05, 3.63) is 36.0 Å². The number of fused-ring (bicyclic) bond motifs is 1. The van der Waals surface area contributed by atoms with E-state index in [2.05, 4.69) is 50.3 Å². The van der Waals surface area contributed by atoms with Gasteiger partial charge in [-0.2, -0.15) is 0 Å². The van der Waals surface area contributed by atoms with Crippen LogP contribution in [-0.2, 0) is 11.2 Å². The van der Waals surface area contributed by atoms with E-state index in [1.807, 2.05) is 6.07 Å². The molecule has 1 heterocycles. The molecular formula is C21H32IN5O. The quantitative estimate of drug-likeness (QED) is 0.205. The Bertz CT molecular complexity index is 767. The summed E-state index contributed by atoms with van der Waals surface area (Å²) < 4.78 is 0. The van der Waals surface area contributed by atoms with Crippen molar-refractivity contribution in [1.29, 1.82) is 0 Å². The number of hydrogen-bond acceptors (Lipinski definition) is 2. The van der Waals surface area contributed by atoms with Gasteiger partial charge in [-0.05, 0) is 30.9 Å². The lowest BCUT2D eigenvalue weighted by Gasteiger charge is -2.21. The Morgan fingerprint density at radius 3 is 2.57 bits per heavy atom. The summed E-state index contributed by atoms with van der Waals surface area (Å²) in [6.07, 6.45) is 8.71. The maximum Gasteiger partial charge on any atom is 0.223 e. The van der Waals surface area contributed by atoms with E-state index >= 15 is 0 Å². The number of hydrogen-bond donors (Lipinski definition) is 4. The third-order valence-corrected chi connectivity index (χ3v) is 5.28. The van der Waals surface area contributed by atoms with Gasteiger partial charge in [-0.1, -0.05) is 37.5 Å². The van der Waals surface area contributed by atoms with E-state index < -0.39 is 0 Å². The Hall–Kier alpha value is -1.77. The Morgan fingerprint density at radius 1 is 1.07 bits per heavy atom. The first-order chi connectivity index (χ1) is 13.3. The summed E-state index contributed by atoms with van der Waals surface area (Å²) >= 11 is 0. The van der Waals surface area contributed by atoms with Gasteiger partial charge < -0.3 is 20.9 Å². The fraction of sp³-hybridized carbons (Fsp3) is 0.524. The van der Waals surface area contributed by atoms with Crippen molar-refractivity contribution in [1.82, 2.24) is 20.9 Å². The van der Waals surface area contributed by atoms with Gasteiger partial charge in [0.25, 0.3) is 0 Å². The lowest BCUT2D eigenvalue weighted by molar-refractivity contribution is -0.125. The van der Waals surface area contributed by atoms with Gasteiger partial charge in [0.1, 0.15) is 0 Å². The van der Waals surface area contributed by atoms with E-state index in [0.717, 1.165) is 31.8 Å². The summed E-state index contributed by atoms with van der Waals surface area (Å²) in [5, 5.41) is 10.9. The molecular weight excluding hydrogens is 465 g/mol. The summed E-state index contributed by atoms with van der Waals surface area (Å²) in [7, 11) is 1.77. The molecule has 0 saturated heterocycles. The first kappa shape index (κ1) is 22.5. The summed E-state index contributed by atoms with van der Waals surface area (Å²) in [6.45, 7) is 2.10. The smallest absolute Gasteiger partial charge is 0.223 e. The molecule has 4 N–H and O–H groups in total. The molecule has 0 atom stereocenters. The zero-order chi connectivity index (χ0) is 18.9. The number of halogens is 1. The predicted octanol–water partition coefficient (Wildman–Crippen LogP) is 3.19. The van der Waals surface area contributed by atoms with Crippen LogP contribution in [0.3, 0.4) is 0 Å². The standard InChI is InChI=1S/C21H31N5O.HI/c1-22-21(25-14-13-23-20(27)16-7-3-2-4-8-16)24-12-11-17-15-26-19-10-6-5-9-18(17)19;/h5-6,9-10,15-16,26H,2-4,7-8,11-14H2,1H3,(H,23,27)(H2,22,24,25);1H. The minimum Gasteiger partial charge on any atom is -0.361 e. The monoisotopic (exact) mass is 497 g/mol. The van der Waals surface area contributed by atoms with Crippen LogP contribution in [0.1, 0.15) is 37.7 Å². The van der Waals surface area contributed by atoms with Crippen molar-refractivity contribution in [2.24, 2.45) is 10.9 Å². The van der Waals surface area contributed by atoms with E-state index in [9.17, 15) is 4.79 Å². The Balaban J connectivity index is 0.00000280. The molecule has 1 aromatic heterocycles. The third-order valence-electron chi connectivity index (χ3n) is 5.28. The van der Waals surface area contributed by atoms with Crippen LogP contribution in [0.5, 0.6) is 0 Å². The van der Waals surface area contributed by atoms with E-state index in [4.69, 9.17) is 0 Å². The van der Waals surface area contributed by atoms with E-state index in [1.165, 1.54) is 35.7 Å². The van der Waals surface area contributed by atoms with Crippen LogP contribution in [0.4, 0.5) is 0 Å². The number of aliphatic imine (C=N–C) groups is 1. The maximum atomic E-state index is 12.1. The summed E-state index contributed by atoms with van der Waals surface area (Å²) in [4.78, 5) is 19.7. The molecule has 7 heteroatoms. The summed E-state index contributed by atoms with van der Waals surface area (Å²) in [5.41, 5.74) is 2.47. The molecule has 1 amide bonds. The lowest BCUT2D eigenvalue weighted by Crippen LogP contribution is -2.43. The highest BCUT2D eigenvalue weighted by molar-refractivity contribution is 14.0. The third kappa shape index (κ3) is 6.39. The van der Waals surface area contributed by atoms with Crippen molar-refractivity contribution in [3.63, 3.8) is 0 Å². The molecule has 1 saturated carbocycles. The lowest BCUT2D eigenvalue weighted by atomic mass is 9.89. The van der Waals surface area contributed by atoms with Gasteiger partial charge in [0, 0.05) is 49.7 Å². The number of H-pyrrole nitrogens is 1. The Morgan fingerprint density at radius 2 is 1.79 bits per heavy atom.